The molecule has 3 fully saturated rings. The van der Waals surface area contributed by atoms with E-state index in [1.165, 1.54) is 0 Å². The number of likely N-dealkylation sites (N-methyl/N-ethyl adjacent to an activating group) is 1. The van der Waals surface area contributed by atoms with Gasteiger partial charge >= 0.3 is 0 Å². The molecular weight excluding hydrogens is 528 g/mol. The van der Waals surface area contributed by atoms with Crippen LogP contribution in [0.1, 0.15) is 26.7 Å². The van der Waals surface area contributed by atoms with Crippen molar-refractivity contribution in [1.29, 1.82) is 0 Å². The summed E-state index contributed by atoms with van der Waals surface area (Å²) in [5.41, 5.74) is 1.52. The third-order valence-corrected chi connectivity index (χ3v) is 10.7. The van der Waals surface area contributed by atoms with Crippen LogP contribution in [0.3, 0.4) is 0 Å². The number of likely N-dealkylation sites (tertiary alicyclic amines) is 1. The van der Waals surface area contributed by atoms with Crippen molar-refractivity contribution in [2.75, 3.05) is 26.7 Å². The van der Waals surface area contributed by atoms with E-state index in [2.05, 4.69) is 23.5 Å². The van der Waals surface area contributed by atoms with Gasteiger partial charge in [-0.05, 0) is 30.9 Å². The zero-order valence-electron chi connectivity index (χ0n) is 23.3. The van der Waals surface area contributed by atoms with Crippen LogP contribution in [0.15, 0.2) is 49.6 Å². The Hall–Kier alpha value is -3.18. The van der Waals surface area contributed by atoms with E-state index in [0.29, 0.717) is 13.0 Å². The van der Waals surface area contributed by atoms with E-state index < -0.39 is 28.7 Å². The van der Waals surface area contributed by atoms with E-state index in [0.717, 1.165) is 17.5 Å². The maximum Gasteiger partial charge on any atom is 0.248 e. The van der Waals surface area contributed by atoms with Crippen molar-refractivity contribution >= 4 is 40.5 Å². The number of benzene rings is 1. The highest BCUT2D eigenvalue weighted by molar-refractivity contribution is 8.02. The van der Waals surface area contributed by atoms with Gasteiger partial charge < -0.3 is 19.8 Å². The molecular formula is C29H38N6O4S. The summed E-state index contributed by atoms with van der Waals surface area (Å²) >= 11 is 1.63. The zero-order chi connectivity index (χ0) is 28.8. The van der Waals surface area contributed by atoms with Crippen molar-refractivity contribution in [3.63, 3.8) is 0 Å². The van der Waals surface area contributed by atoms with Crippen molar-refractivity contribution < 1.29 is 19.5 Å². The lowest BCUT2D eigenvalue weighted by molar-refractivity contribution is -0.148. The van der Waals surface area contributed by atoms with Crippen LogP contribution in [-0.2, 0) is 21.1 Å². The standard InChI is InChI=1S/C29H38N6O4S/c1-6-14-32(5)26(37)23-22-12-13-29(40-22)24(23)27(38)35(21(16-36)18(3)4)25(29)28(39)33(15-7-2)17-34-20-11-9-8-10-19(20)30-31-34/h6-11,18,21-25,36H,1-2,12-17H2,3-5H3/t21-,22+,23-,24-,25?,29?/m0/s1. The van der Waals surface area contributed by atoms with Gasteiger partial charge in [0.25, 0.3) is 0 Å². The van der Waals surface area contributed by atoms with Crippen LogP contribution in [0, 0.1) is 17.8 Å². The second kappa shape index (κ2) is 11.0. The smallest absolute Gasteiger partial charge is 0.248 e. The molecule has 0 radical (unpaired) electrons. The van der Waals surface area contributed by atoms with E-state index in [9.17, 15) is 19.5 Å². The number of hydrogen-bond acceptors (Lipinski definition) is 7. The maximum atomic E-state index is 14.7. The van der Waals surface area contributed by atoms with E-state index in [1.54, 1.807) is 50.3 Å². The zero-order valence-corrected chi connectivity index (χ0v) is 24.2. The van der Waals surface area contributed by atoms with Crippen LogP contribution in [0.2, 0.25) is 0 Å². The normalized spacial score (nSPS) is 27.7. The van der Waals surface area contributed by atoms with Crippen molar-refractivity contribution in [3.05, 3.63) is 49.6 Å². The summed E-state index contributed by atoms with van der Waals surface area (Å²) in [4.78, 5) is 47.5. The molecule has 40 heavy (non-hydrogen) atoms. The van der Waals surface area contributed by atoms with Crippen LogP contribution in [-0.4, -0.2) is 101 Å². The van der Waals surface area contributed by atoms with E-state index in [-0.39, 0.29) is 48.7 Å². The monoisotopic (exact) mass is 566 g/mol. The molecule has 1 aromatic heterocycles. The van der Waals surface area contributed by atoms with Gasteiger partial charge in [0.15, 0.2) is 0 Å². The molecule has 3 saturated heterocycles. The first-order valence-corrected chi connectivity index (χ1v) is 14.7. The quantitative estimate of drug-likeness (QED) is 0.415. The third-order valence-electron chi connectivity index (χ3n) is 8.74. The average Bonchev–Trinajstić information content (AvgIpc) is 3.68. The first kappa shape index (κ1) is 28.4. The van der Waals surface area contributed by atoms with Crippen LogP contribution in [0.25, 0.3) is 11.0 Å². The molecule has 2 unspecified atom stereocenters. The fourth-order valence-corrected chi connectivity index (χ4v) is 9.09. The first-order valence-electron chi connectivity index (χ1n) is 13.8. The molecule has 4 heterocycles. The van der Waals surface area contributed by atoms with Gasteiger partial charge in [0.1, 0.15) is 18.2 Å². The maximum absolute atomic E-state index is 14.7. The molecule has 6 atom stereocenters. The van der Waals surface area contributed by atoms with E-state index >= 15 is 0 Å². The number of fused-ring (bicyclic) bond motifs is 2. The van der Waals surface area contributed by atoms with Crippen LogP contribution in [0.4, 0.5) is 0 Å². The Labute approximate surface area is 239 Å². The Balaban J connectivity index is 1.56. The van der Waals surface area contributed by atoms with Crippen LogP contribution >= 0.6 is 11.8 Å². The SMILES string of the molecule is C=CCN(C)C(=O)[C@@H]1[C@H]2C(=O)N([C@@H](CO)C(C)C)C(C(=O)N(CC=C)Cn3nnc4ccccc43)C23CC[C@H]1S3. The van der Waals surface area contributed by atoms with Crippen LogP contribution in [0.5, 0.6) is 0 Å². The Morgan fingerprint density at radius 1 is 1.23 bits per heavy atom. The van der Waals surface area contributed by atoms with Gasteiger partial charge in [-0.2, -0.15) is 0 Å². The highest BCUT2D eigenvalue weighted by Crippen LogP contribution is 2.67. The summed E-state index contributed by atoms with van der Waals surface area (Å²) in [7, 11) is 1.73. The summed E-state index contributed by atoms with van der Waals surface area (Å²) < 4.78 is 0.926. The topological polar surface area (TPSA) is 112 Å². The highest BCUT2D eigenvalue weighted by atomic mass is 32.2. The minimum Gasteiger partial charge on any atom is -0.394 e. The fraction of sp³-hybridized carbons (Fsp3) is 0.552. The number of para-hydroxylation sites is 1. The number of aromatic nitrogens is 3. The molecule has 214 valence electrons. The second-order valence-electron chi connectivity index (χ2n) is 11.4. The summed E-state index contributed by atoms with van der Waals surface area (Å²) in [6.07, 6.45) is 4.75. The molecule has 1 N–H and O–H groups in total. The van der Waals surface area contributed by atoms with Crippen molar-refractivity contribution in [2.24, 2.45) is 17.8 Å². The Kier molecular flexibility index (Phi) is 7.80. The number of rotatable bonds is 11. The van der Waals surface area contributed by atoms with Gasteiger partial charge in [0.2, 0.25) is 17.7 Å². The minimum atomic E-state index is -0.822. The van der Waals surface area contributed by atoms with Gasteiger partial charge in [0, 0.05) is 25.4 Å². The summed E-state index contributed by atoms with van der Waals surface area (Å²) in [6, 6.07) is 6.16. The van der Waals surface area contributed by atoms with Gasteiger partial charge in [-0.15, -0.1) is 30.0 Å². The number of carbonyl (C=O) groups is 3. The summed E-state index contributed by atoms with van der Waals surface area (Å²) in [6.45, 7) is 12.0. The van der Waals surface area contributed by atoms with E-state index in [1.807, 2.05) is 38.1 Å². The number of aliphatic hydroxyl groups is 1. The Morgan fingerprint density at radius 3 is 2.62 bits per heavy atom. The molecule has 11 heteroatoms. The highest BCUT2D eigenvalue weighted by Gasteiger charge is 2.74. The third kappa shape index (κ3) is 4.34. The molecule has 1 spiro atoms. The predicted molar refractivity (Wildman–Crippen MR) is 154 cm³/mol. The fourth-order valence-electron chi connectivity index (χ4n) is 6.90. The van der Waals surface area contributed by atoms with Crippen molar-refractivity contribution in [1.82, 2.24) is 29.7 Å². The average molecular weight is 567 g/mol. The molecule has 0 aliphatic carbocycles. The molecule has 2 aromatic rings. The number of aliphatic hydroxyl groups excluding tert-OH is 1. The number of amides is 3. The number of hydrogen-bond donors (Lipinski definition) is 1. The number of nitrogens with zero attached hydrogens (tertiary/aromatic N) is 6. The minimum absolute atomic E-state index is 0.0371. The Morgan fingerprint density at radius 2 is 1.95 bits per heavy atom. The first-order chi connectivity index (χ1) is 19.2. The Bertz CT molecular complexity index is 1330. The largest absolute Gasteiger partial charge is 0.394 e. The lowest BCUT2D eigenvalue weighted by Gasteiger charge is -2.40. The molecule has 2 bridgehead atoms. The molecule has 10 nitrogen and oxygen atoms in total. The number of carbonyl (C=O) groups excluding carboxylic acids is 3. The van der Waals surface area contributed by atoms with E-state index in [4.69, 9.17) is 0 Å². The molecule has 3 aliphatic rings. The molecule has 5 rings (SSSR count). The lowest BCUT2D eigenvalue weighted by atomic mass is 9.70. The second-order valence-corrected chi connectivity index (χ2v) is 13.0. The summed E-state index contributed by atoms with van der Waals surface area (Å²) in [5.74, 6) is -1.77. The molecule has 1 aromatic carbocycles. The number of thioether (sulfide) groups is 1. The van der Waals surface area contributed by atoms with Crippen molar-refractivity contribution in [3.8, 4) is 0 Å². The molecule has 0 saturated carbocycles. The van der Waals surface area contributed by atoms with Crippen LogP contribution < -0.4 is 0 Å². The van der Waals surface area contributed by atoms with Crippen molar-refractivity contribution in [2.45, 2.75) is 55.4 Å². The van der Waals surface area contributed by atoms with Gasteiger partial charge in [-0.3, -0.25) is 14.4 Å². The predicted octanol–water partition coefficient (Wildman–Crippen LogP) is 2.16. The van der Waals surface area contributed by atoms with Gasteiger partial charge in [-0.1, -0.05) is 43.3 Å². The molecule has 3 aliphatic heterocycles. The van der Waals surface area contributed by atoms with Gasteiger partial charge in [-0.25, -0.2) is 4.68 Å². The van der Waals surface area contributed by atoms with Gasteiger partial charge in [0.05, 0.1) is 34.7 Å². The summed E-state index contributed by atoms with van der Waals surface area (Å²) in [5, 5.41) is 18.9. The lowest BCUT2D eigenvalue weighted by Crippen LogP contribution is -2.58. The molecule has 3 amide bonds.